The molecule has 0 saturated carbocycles. The summed E-state index contributed by atoms with van der Waals surface area (Å²) < 4.78 is 5.43. The lowest BCUT2D eigenvalue weighted by Crippen LogP contribution is -2.43. The number of rotatable bonds is 6. The number of amides is 2. The Morgan fingerprint density at radius 2 is 1.83 bits per heavy atom. The molecule has 4 rings (SSSR count). The van der Waals surface area contributed by atoms with Gasteiger partial charge in [-0.3, -0.25) is 14.5 Å². The van der Waals surface area contributed by atoms with Crippen LogP contribution < -0.4 is 4.74 Å². The summed E-state index contributed by atoms with van der Waals surface area (Å²) in [6, 6.07) is 11.6. The molecule has 0 bridgehead atoms. The van der Waals surface area contributed by atoms with Crippen LogP contribution in [0.5, 0.6) is 5.75 Å². The van der Waals surface area contributed by atoms with E-state index in [1.807, 2.05) is 53.7 Å². The number of ether oxygens (including phenoxy) is 1. The van der Waals surface area contributed by atoms with Gasteiger partial charge in [0.15, 0.2) is 0 Å². The smallest absolute Gasteiger partial charge is 0.278 e. The molecule has 158 valence electrons. The third-order valence-corrected chi connectivity index (χ3v) is 6.91. The molecular formula is C23H27N3O3S. The highest BCUT2D eigenvalue weighted by Gasteiger charge is 2.43. The summed E-state index contributed by atoms with van der Waals surface area (Å²) in [5.74, 6) is 0.215. The average molecular weight is 426 g/mol. The molecule has 2 amide bonds. The van der Waals surface area contributed by atoms with Crippen LogP contribution in [0.3, 0.4) is 0 Å². The molecule has 30 heavy (non-hydrogen) atoms. The van der Waals surface area contributed by atoms with Crippen LogP contribution in [-0.4, -0.2) is 66.9 Å². The van der Waals surface area contributed by atoms with Gasteiger partial charge in [-0.15, -0.1) is 11.3 Å². The molecule has 0 aliphatic carbocycles. The summed E-state index contributed by atoms with van der Waals surface area (Å²) in [6.07, 6.45) is 1.95. The molecule has 2 aliphatic heterocycles. The number of benzene rings is 1. The van der Waals surface area contributed by atoms with Crippen molar-refractivity contribution in [1.29, 1.82) is 0 Å². The van der Waals surface area contributed by atoms with Gasteiger partial charge in [-0.2, -0.15) is 0 Å². The Balaban J connectivity index is 1.68. The largest absolute Gasteiger partial charge is 0.496 e. The van der Waals surface area contributed by atoms with Crippen LogP contribution >= 0.6 is 11.3 Å². The number of methoxy groups -OCH3 is 1. The molecule has 0 spiro atoms. The zero-order valence-electron chi connectivity index (χ0n) is 17.6. The Labute approximate surface area is 181 Å². The summed E-state index contributed by atoms with van der Waals surface area (Å²) >= 11 is 1.49. The maximum Gasteiger partial charge on any atom is 0.278 e. The molecular weight excluding hydrogens is 398 g/mol. The first-order valence-electron chi connectivity index (χ1n) is 10.2. The van der Waals surface area contributed by atoms with E-state index in [9.17, 15) is 9.59 Å². The van der Waals surface area contributed by atoms with Gasteiger partial charge >= 0.3 is 0 Å². The van der Waals surface area contributed by atoms with Gasteiger partial charge in [0.25, 0.3) is 11.8 Å². The lowest BCUT2D eigenvalue weighted by molar-refractivity contribution is -0.138. The molecule has 0 radical (unpaired) electrons. The Morgan fingerprint density at radius 1 is 1.10 bits per heavy atom. The minimum atomic E-state index is -0.233. The number of carbonyl (C=O) groups is 2. The molecule has 1 aromatic heterocycles. The number of hydrogen-bond donors (Lipinski definition) is 0. The standard InChI is InChI=1S/C23H27N3O3S/c1-24-12-10-17(11-13-24)25(2)21-20(19-9-6-14-30-19)22(27)26(23(21)28)15-16-7-4-5-8-18(16)29-3/h4-9,14,17H,10-13,15H2,1-3H3. The van der Waals surface area contributed by atoms with E-state index in [0.717, 1.165) is 36.4 Å². The quantitative estimate of drug-likeness (QED) is 0.666. The molecule has 0 unspecified atom stereocenters. The fourth-order valence-corrected chi connectivity index (χ4v) is 5.01. The highest BCUT2D eigenvalue weighted by atomic mass is 32.1. The van der Waals surface area contributed by atoms with Crippen LogP contribution in [0.15, 0.2) is 47.5 Å². The van der Waals surface area contributed by atoms with Crippen LogP contribution in [0, 0.1) is 0 Å². The maximum absolute atomic E-state index is 13.5. The fourth-order valence-electron chi connectivity index (χ4n) is 4.25. The molecule has 3 heterocycles. The van der Waals surface area contributed by atoms with Crippen molar-refractivity contribution in [3.05, 3.63) is 57.9 Å². The van der Waals surface area contributed by atoms with E-state index in [2.05, 4.69) is 11.9 Å². The molecule has 0 N–H and O–H groups in total. The number of likely N-dealkylation sites (N-methyl/N-ethyl adjacent to an activating group) is 1. The normalized spacial score (nSPS) is 18.4. The number of carbonyl (C=O) groups excluding carboxylic acids is 2. The maximum atomic E-state index is 13.5. The summed E-state index contributed by atoms with van der Waals surface area (Å²) in [6.45, 7) is 2.18. The van der Waals surface area contributed by atoms with Gasteiger partial charge in [-0.05, 0) is 50.5 Å². The number of hydrogen-bond acceptors (Lipinski definition) is 6. The second kappa shape index (κ2) is 8.62. The zero-order valence-corrected chi connectivity index (χ0v) is 18.4. The van der Waals surface area contributed by atoms with Crippen molar-refractivity contribution in [3.63, 3.8) is 0 Å². The van der Waals surface area contributed by atoms with Crippen LogP contribution in [-0.2, 0) is 16.1 Å². The number of para-hydroxylation sites is 1. The first kappa shape index (κ1) is 20.6. The van der Waals surface area contributed by atoms with Crippen molar-refractivity contribution in [2.75, 3.05) is 34.3 Å². The summed E-state index contributed by atoms with van der Waals surface area (Å²) in [5.41, 5.74) is 1.86. The Kier molecular flexibility index (Phi) is 5.92. The second-order valence-electron chi connectivity index (χ2n) is 7.85. The molecule has 2 aliphatic rings. The van der Waals surface area contributed by atoms with Crippen molar-refractivity contribution in [1.82, 2.24) is 14.7 Å². The van der Waals surface area contributed by atoms with Crippen molar-refractivity contribution < 1.29 is 14.3 Å². The van der Waals surface area contributed by atoms with E-state index in [0.29, 0.717) is 17.0 Å². The highest BCUT2D eigenvalue weighted by Crippen LogP contribution is 2.36. The lowest BCUT2D eigenvalue weighted by Gasteiger charge is -2.36. The Morgan fingerprint density at radius 3 is 2.50 bits per heavy atom. The Hall–Kier alpha value is -2.64. The molecule has 1 saturated heterocycles. The van der Waals surface area contributed by atoms with Crippen molar-refractivity contribution >= 4 is 28.7 Å². The number of likely N-dealkylation sites (tertiary alicyclic amines) is 1. The van der Waals surface area contributed by atoms with Gasteiger partial charge < -0.3 is 14.5 Å². The summed E-state index contributed by atoms with van der Waals surface area (Å²) in [5, 5.41) is 1.94. The average Bonchev–Trinajstić information content (AvgIpc) is 3.36. The SMILES string of the molecule is COc1ccccc1CN1C(=O)C(c2cccs2)=C(N(C)C2CCN(C)CC2)C1=O. The van der Waals surface area contributed by atoms with E-state index in [-0.39, 0.29) is 24.4 Å². The van der Waals surface area contributed by atoms with Crippen molar-refractivity contribution in [3.8, 4) is 5.75 Å². The van der Waals surface area contributed by atoms with E-state index < -0.39 is 0 Å². The molecule has 1 aromatic carbocycles. The monoisotopic (exact) mass is 425 g/mol. The number of nitrogens with zero attached hydrogens (tertiary/aromatic N) is 3. The topological polar surface area (TPSA) is 53.1 Å². The van der Waals surface area contributed by atoms with Gasteiger partial charge in [-0.25, -0.2) is 0 Å². The van der Waals surface area contributed by atoms with Gasteiger partial charge in [0.05, 0.1) is 19.2 Å². The van der Waals surface area contributed by atoms with Crippen LogP contribution in [0.25, 0.3) is 5.57 Å². The van der Waals surface area contributed by atoms with Crippen LogP contribution in [0.1, 0.15) is 23.3 Å². The first-order chi connectivity index (χ1) is 14.5. The van der Waals surface area contributed by atoms with E-state index in [1.54, 1.807) is 7.11 Å². The summed E-state index contributed by atoms with van der Waals surface area (Å²) in [4.78, 5) is 33.5. The summed E-state index contributed by atoms with van der Waals surface area (Å²) in [7, 11) is 5.67. The molecule has 2 aromatic rings. The van der Waals surface area contributed by atoms with Gasteiger partial charge in [0.1, 0.15) is 11.4 Å². The Bertz CT molecular complexity index is 962. The highest BCUT2D eigenvalue weighted by molar-refractivity contribution is 7.11. The molecule has 0 atom stereocenters. The third kappa shape index (κ3) is 3.75. The predicted octanol–water partition coefficient (Wildman–Crippen LogP) is 3.06. The van der Waals surface area contributed by atoms with Crippen molar-refractivity contribution in [2.24, 2.45) is 0 Å². The zero-order chi connectivity index (χ0) is 21.3. The van der Waals surface area contributed by atoms with E-state index in [4.69, 9.17) is 4.74 Å². The van der Waals surface area contributed by atoms with E-state index >= 15 is 0 Å². The van der Waals surface area contributed by atoms with Gasteiger partial charge in [0, 0.05) is 23.5 Å². The molecule has 7 heteroatoms. The number of piperidine rings is 1. The van der Waals surface area contributed by atoms with Gasteiger partial charge in [-0.1, -0.05) is 24.3 Å². The van der Waals surface area contributed by atoms with Crippen molar-refractivity contribution in [2.45, 2.75) is 25.4 Å². The van der Waals surface area contributed by atoms with E-state index in [1.165, 1.54) is 16.2 Å². The molecule has 6 nitrogen and oxygen atoms in total. The minimum absolute atomic E-state index is 0.196. The number of thiophene rings is 1. The predicted molar refractivity (Wildman–Crippen MR) is 118 cm³/mol. The first-order valence-corrected chi connectivity index (χ1v) is 11.1. The minimum Gasteiger partial charge on any atom is -0.496 e. The lowest BCUT2D eigenvalue weighted by atomic mass is 10.0. The van der Waals surface area contributed by atoms with Crippen LogP contribution in [0.4, 0.5) is 0 Å². The van der Waals surface area contributed by atoms with Gasteiger partial charge in [0.2, 0.25) is 0 Å². The molecule has 1 fully saturated rings. The third-order valence-electron chi connectivity index (χ3n) is 6.02. The second-order valence-corrected chi connectivity index (χ2v) is 8.80. The number of imide groups is 1. The van der Waals surface area contributed by atoms with Crippen LogP contribution in [0.2, 0.25) is 0 Å². The fraction of sp³-hybridized carbons (Fsp3) is 0.391.